The van der Waals surface area contributed by atoms with Crippen LogP contribution in [0.3, 0.4) is 0 Å². The molecule has 1 saturated carbocycles. The van der Waals surface area contributed by atoms with E-state index in [2.05, 4.69) is 23.8 Å². The molecule has 0 amide bonds. The molecule has 0 unspecified atom stereocenters. The Hall–Kier alpha value is -0.383. The van der Waals surface area contributed by atoms with E-state index < -0.39 is 0 Å². The van der Waals surface area contributed by atoms with Crippen LogP contribution in [0.4, 0.5) is 0 Å². The molecule has 1 aliphatic carbocycles. The minimum absolute atomic E-state index is 0.169. The van der Waals surface area contributed by atoms with Gasteiger partial charge in [0.1, 0.15) is 0 Å². The lowest BCUT2D eigenvalue weighted by atomic mass is 9.86. The summed E-state index contributed by atoms with van der Waals surface area (Å²) in [6.07, 6.45) is 10.8. The SMILES string of the molecule is C=CCNC([SiH3])(NCC=C)C1CCCCC1. The van der Waals surface area contributed by atoms with E-state index >= 15 is 0 Å². The van der Waals surface area contributed by atoms with Gasteiger partial charge in [0, 0.05) is 23.3 Å². The Morgan fingerprint density at radius 1 is 1.06 bits per heavy atom. The molecule has 1 aliphatic rings. The maximum atomic E-state index is 3.79. The average Bonchev–Trinajstić information content (AvgIpc) is 2.35. The predicted octanol–water partition coefficient (Wildman–Crippen LogP) is 1.14. The smallest absolute Gasteiger partial charge is 0.0505 e. The minimum Gasteiger partial charge on any atom is -0.299 e. The Morgan fingerprint density at radius 3 is 2.00 bits per heavy atom. The summed E-state index contributed by atoms with van der Waals surface area (Å²) in [7, 11) is 1.12. The van der Waals surface area contributed by atoms with Gasteiger partial charge in [0.05, 0.1) is 5.29 Å². The van der Waals surface area contributed by atoms with Crippen molar-refractivity contribution < 1.29 is 0 Å². The van der Waals surface area contributed by atoms with Gasteiger partial charge in [0.2, 0.25) is 0 Å². The molecular weight excluding hydrogens is 212 g/mol. The van der Waals surface area contributed by atoms with Crippen LogP contribution in [-0.4, -0.2) is 28.6 Å². The molecule has 0 saturated heterocycles. The summed E-state index contributed by atoms with van der Waals surface area (Å²) in [5, 5.41) is 7.44. The van der Waals surface area contributed by atoms with Gasteiger partial charge in [-0.15, -0.1) is 13.2 Å². The molecule has 2 nitrogen and oxygen atoms in total. The summed E-state index contributed by atoms with van der Waals surface area (Å²) in [5.74, 6) is 0.785. The van der Waals surface area contributed by atoms with E-state index in [1.54, 1.807) is 0 Å². The van der Waals surface area contributed by atoms with Crippen molar-refractivity contribution in [2.75, 3.05) is 13.1 Å². The summed E-state index contributed by atoms with van der Waals surface area (Å²) in [6, 6.07) is 0. The first kappa shape index (κ1) is 13.7. The number of nitrogens with one attached hydrogen (secondary N) is 2. The highest BCUT2D eigenvalue weighted by Crippen LogP contribution is 2.29. The van der Waals surface area contributed by atoms with E-state index in [4.69, 9.17) is 0 Å². The third kappa shape index (κ3) is 3.89. The van der Waals surface area contributed by atoms with Crippen LogP contribution in [0.5, 0.6) is 0 Å². The Morgan fingerprint density at radius 2 is 1.56 bits per heavy atom. The van der Waals surface area contributed by atoms with Crippen molar-refractivity contribution in [2.45, 2.75) is 37.4 Å². The van der Waals surface area contributed by atoms with Gasteiger partial charge in [0.15, 0.2) is 0 Å². The van der Waals surface area contributed by atoms with Crippen LogP contribution in [0.1, 0.15) is 32.1 Å². The number of hydrogen-bond acceptors (Lipinski definition) is 2. The van der Waals surface area contributed by atoms with Crippen LogP contribution in [0.2, 0.25) is 0 Å². The molecule has 1 rings (SSSR count). The number of rotatable bonds is 7. The molecule has 1 fully saturated rings. The van der Waals surface area contributed by atoms with Crippen LogP contribution in [0.15, 0.2) is 25.3 Å². The highest BCUT2D eigenvalue weighted by molar-refractivity contribution is 6.15. The van der Waals surface area contributed by atoms with E-state index in [0.29, 0.717) is 0 Å². The van der Waals surface area contributed by atoms with E-state index in [9.17, 15) is 0 Å². The molecule has 0 bridgehead atoms. The second kappa shape index (κ2) is 7.04. The average molecular weight is 238 g/mol. The number of hydrogen-bond donors (Lipinski definition) is 2. The Kier molecular flexibility index (Phi) is 6.02. The van der Waals surface area contributed by atoms with E-state index in [1.165, 1.54) is 32.1 Å². The molecule has 0 atom stereocenters. The molecular formula is C13H26N2Si. The topological polar surface area (TPSA) is 24.1 Å². The lowest BCUT2D eigenvalue weighted by Gasteiger charge is -2.41. The first-order valence-electron chi connectivity index (χ1n) is 6.45. The standard InChI is InChI=1S/C13H26N2Si/c1-3-10-14-13(16,15-11-4-2)12-8-6-5-7-9-12/h3-4,12,14-15H,1-2,5-11H2,16H3. The minimum atomic E-state index is 0.169. The quantitative estimate of drug-likeness (QED) is 0.395. The molecule has 0 heterocycles. The zero-order chi connectivity index (χ0) is 11.9. The maximum absolute atomic E-state index is 3.79. The van der Waals surface area contributed by atoms with Crippen LogP contribution in [-0.2, 0) is 0 Å². The second-order valence-corrected chi connectivity index (χ2v) is 6.45. The Balaban J connectivity index is 2.58. The highest BCUT2D eigenvalue weighted by atomic mass is 28.1. The fraction of sp³-hybridized carbons (Fsp3) is 0.692. The summed E-state index contributed by atoms with van der Waals surface area (Å²) in [4.78, 5) is 0. The molecule has 0 aromatic heterocycles. The van der Waals surface area contributed by atoms with Gasteiger partial charge in [-0.2, -0.15) is 0 Å². The van der Waals surface area contributed by atoms with Crippen LogP contribution in [0, 0.1) is 5.92 Å². The van der Waals surface area contributed by atoms with Gasteiger partial charge in [-0.3, -0.25) is 10.6 Å². The second-order valence-electron chi connectivity index (χ2n) is 4.88. The van der Waals surface area contributed by atoms with Crippen molar-refractivity contribution in [3.63, 3.8) is 0 Å². The van der Waals surface area contributed by atoms with Gasteiger partial charge >= 0.3 is 0 Å². The van der Waals surface area contributed by atoms with E-state index in [0.717, 1.165) is 29.2 Å². The van der Waals surface area contributed by atoms with E-state index in [1.807, 2.05) is 12.2 Å². The fourth-order valence-corrected chi connectivity index (χ4v) is 3.59. The maximum Gasteiger partial charge on any atom is 0.0505 e. The summed E-state index contributed by atoms with van der Waals surface area (Å²) in [6.45, 7) is 9.37. The Bertz CT molecular complexity index is 210. The van der Waals surface area contributed by atoms with Gasteiger partial charge in [-0.05, 0) is 18.8 Å². The fourth-order valence-electron chi connectivity index (χ4n) is 2.60. The van der Waals surface area contributed by atoms with Crippen molar-refractivity contribution in [3.8, 4) is 0 Å². The molecule has 0 aliphatic heterocycles. The summed E-state index contributed by atoms with van der Waals surface area (Å²) >= 11 is 0. The van der Waals surface area contributed by atoms with Crippen LogP contribution in [0.25, 0.3) is 0 Å². The van der Waals surface area contributed by atoms with Crippen molar-refractivity contribution in [1.82, 2.24) is 10.6 Å². The third-order valence-electron chi connectivity index (χ3n) is 3.65. The van der Waals surface area contributed by atoms with Crippen molar-refractivity contribution >= 4 is 10.2 Å². The molecule has 0 spiro atoms. The van der Waals surface area contributed by atoms with Gasteiger partial charge in [-0.1, -0.05) is 31.4 Å². The van der Waals surface area contributed by atoms with Crippen molar-refractivity contribution in [3.05, 3.63) is 25.3 Å². The molecule has 0 radical (unpaired) electrons. The normalized spacial score (nSPS) is 18.5. The molecule has 0 aromatic rings. The molecule has 3 heteroatoms. The third-order valence-corrected chi connectivity index (χ3v) is 5.17. The van der Waals surface area contributed by atoms with Crippen molar-refractivity contribution in [2.24, 2.45) is 5.92 Å². The molecule has 0 aromatic carbocycles. The first-order chi connectivity index (χ1) is 7.73. The molecule has 92 valence electrons. The van der Waals surface area contributed by atoms with Crippen LogP contribution < -0.4 is 10.6 Å². The van der Waals surface area contributed by atoms with Crippen LogP contribution >= 0.6 is 0 Å². The van der Waals surface area contributed by atoms with Gasteiger partial charge in [0.25, 0.3) is 0 Å². The largest absolute Gasteiger partial charge is 0.299 e. The van der Waals surface area contributed by atoms with Gasteiger partial charge in [-0.25, -0.2) is 0 Å². The summed E-state index contributed by atoms with van der Waals surface area (Å²) < 4.78 is 0. The van der Waals surface area contributed by atoms with Crippen molar-refractivity contribution in [1.29, 1.82) is 0 Å². The summed E-state index contributed by atoms with van der Waals surface area (Å²) in [5.41, 5.74) is 0. The molecule has 16 heavy (non-hydrogen) atoms. The zero-order valence-corrected chi connectivity index (χ0v) is 12.6. The molecule has 2 N–H and O–H groups in total. The zero-order valence-electron chi connectivity index (χ0n) is 10.6. The lowest BCUT2D eigenvalue weighted by Crippen LogP contribution is -2.62. The van der Waals surface area contributed by atoms with E-state index in [-0.39, 0.29) is 5.29 Å². The highest BCUT2D eigenvalue weighted by Gasteiger charge is 2.32. The monoisotopic (exact) mass is 238 g/mol. The predicted molar refractivity (Wildman–Crippen MR) is 75.6 cm³/mol. The van der Waals surface area contributed by atoms with Gasteiger partial charge < -0.3 is 0 Å². The Labute approximate surface area is 103 Å². The first-order valence-corrected chi connectivity index (χ1v) is 7.45. The lowest BCUT2D eigenvalue weighted by molar-refractivity contribution is 0.208.